The minimum atomic E-state index is 0.630. The number of nitrogens with one attached hydrogen (secondary N) is 1. The Bertz CT molecular complexity index is 163. The van der Waals surface area contributed by atoms with Gasteiger partial charge in [-0.1, -0.05) is 13.8 Å². The lowest BCUT2D eigenvalue weighted by atomic mass is 10.1. The first kappa shape index (κ1) is 14.9. The predicted octanol–water partition coefficient (Wildman–Crippen LogP) is 0.971. The minimum Gasteiger partial charge on any atom is -0.381 e. The molecule has 0 spiro atoms. The molecule has 1 atom stereocenters. The van der Waals surface area contributed by atoms with Crippen LogP contribution >= 0.6 is 0 Å². The molecule has 1 fully saturated rings. The van der Waals surface area contributed by atoms with Gasteiger partial charge < -0.3 is 19.7 Å². The maximum Gasteiger partial charge on any atom is 0.0591 e. The standard InChI is InChI=1S/C13H28N2O2/c1-3-15(4-2)8-6-14-7-10-17-12-13-5-9-16-11-13/h13-14H,3-12H2,1-2H3. The number of nitrogens with zero attached hydrogens (tertiary/aromatic N) is 1. The van der Waals surface area contributed by atoms with Crippen LogP contribution in [0.15, 0.2) is 0 Å². The lowest BCUT2D eigenvalue weighted by Gasteiger charge is -2.18. The second-order valence-electron chi connectivity index (χ2n) is 4.58. The lowest BCUT2D eigenvalue weighted by Crippen LogP contribution is -2.33. The van der Waals surface area contributed by atoms with Gasteiger partial charge in [-0.3, -0.25) is 0 Å². The number of hydrogen-bond acceptors (Lipinski definition) is 4. The lowest BCUT2D eigenvalue weighted by molar-refractivity contribution is 0.0911. The van der Waals surface area contributed by atoms with Crippen molar-refractivity contribution in [3.8, 4) is 0 Å². The molecular weight excluding hydrogens is 216 g/mol. The van der Waals surface area contributed by atoms with E-state index in [2.05, 4.69) is 24.1 Å². The van der Waals surface area contributed by atoms with Gasteiger partial charge in [0.25, 0.3) is 0 Å². The van der Waals surface area contributed by atoms with Crippen molar-refractivity contribution in [2.24, 2.45) is 5.92 Å². The van der Waals surface area contributed by atoms with Gasteiger partial charge in [0.05, 0.1) is 19.8 Å². The summed E-state index contributed by atoms with van der Waals surface area (Å²) >= 11 is 0. The highest BCUT2D eigenvalue weighted by Crippen LogP contribution is 2.11. The van der Waals surface area contributed by atoms with Crippen LogP contribution in [0.2, 0.25) is 0 Å². The highest BCUT2D eigenvalue weighted by Gasteiger charge is 2.14. The van der Waals surface area contributed by atoms with Crippen molar-refractivity contribution in [2.45, 2.75) is 20.3 Å². The van der Waals surface area contributed by atoms with Crippen LogP contribution < -0.4 is 5.32 Å². The van der Waals surface area contributed by atoms with Crippen LogP contribution in [0, 0.1) is 5.92 Å². The quantitative estimate of drug-likeness (QED) is 0.581. The maximum atomic E-state index is 5.62. The summed E-state index contributed by atoms with van der Waals surface area (Å²) in [5.74, 6) is 0.630. The van der Waals surface area contributed by atoms with Crippen molar-refractivity contribution in [2.75, 3.05) is 59.2 Å². The molecule has 0 aliphatic carbocycles. The summed E-state index contributed by atoms with van der Waals surface area (Å²) in [5, 5.41) is 3.41. The van der Waals surface area contributed by atoms with Crippen molar-refractivity contribution < 1.29 is 9.47 Å². The fraction of sp³-hybridized carbons (Fsp3) is 1.00. The second-order valence-corrected chi connectivity index (χ2v) is 4.58. The van der Waals surface area contributed by atoms with E-state index in [0.717, 1.165) is 65.6 Å². The van der Waals surface area contributed by atoms with Crippen LogP contribution in [0.3, 0.4) is 0 Å². The monoisotopic (exact) mass is 244 g/mol. The Hall–Kier alpha value is -0.160. The van der Waals surface area contributed by atoms with Gasteiger partial charge in [0.15, 0.2) is 0 Å². The van der Waals surface area contributed by atoms with Crippen LogP contribution in [0.4, 0.5) is 0 Å². The molecule has 0 aromatic rings. The SMILES string of the molecule is CCN(CC)CCNCCOCC1CCOC1. The van der Waals surface area contributed by atoms with Gasteiger partial charge in [-0.15, -0.1) is 0 Å². The number of ether oxygens (including phenoxy) is 2. The molecule has 1 aliphatic rings. The maximum absolute atomic E-state index is 5.62. The van der Waals surface area contributed by atoms with Gasteiger partial charge in [0.1, 0.15) is 0 Å². The summed E-state index contributed by atoms with van der Waals surface area (Å²) in [5.41, 5.74) is 0. The average molecular weight is 244 g/mol. The van der Waals surface area contributed by atoms with Crippen LogP contribution in [-0.4, -0.2) is 64.1 Å². The summed E-state index contributed by atoms with van der Waals surface area (Å²) in [6.45, 7) is 13.3. The van der Waals surface area contributed by atoms with E-state index < -0.39 is 0 Å². The third-order valence-corrected chi connectivity index (χ3v) is 3.30. The Morgan fingerprint density at radius 3 is 2.76 bits per heavy atom. The molecule has 17 heavy (non-hydrogen) atoms. The molecule has 0 amide bonds. The molecule has 4 heteroatoms. The van der Waals surface area contributed by atoms with E-state index in [1.807, 2.05) is 0 Å². The fourth-order valence-corrected chi connectivity index (χ4v) is 2.01. The van der Waals surface area contributed by atoms with Crippen LogP contribution in [-0.2, 0) is 9.47 Å². The van der Waals surface area contributed by atoms with Crippen LogP contribution in [0.25, 0.3) is 0 Å². The predicted molar refractivity (Wildman–Crippen MR) is 70.4 cm³/mol. The van der Waals surface area contributed by atoms with Crippen molar-refractivity contribution in [1.82, 2.24) is 10.2 Å². The molecular formula is C13H28N2O2. The van der Waals surface area contributed by atoms with Gasteiger partial charge in [0, 0.05) is 32.2 Å². The zero-order chi connectivity index (χ0) is 12.3. The molecule has 0 saturated carbocycles. The summed E-state index contributed by atoms with van der Waals surface area (Å²) in [7, 11) is 0. The molecule has 1 rings (SSSR count). The van der Waals surface area contributed by atoms with E-state index in [4.69, 9.17) is 9.47 Å². The first-order valence-corrected chi connectivity index (χ1v) is 6.95. The normalized spacial score (nSPS) is 20.3. The Morgan fingerprint density at radius 1 is 1.29 bits per heavy atom. The van der Waals surface area contributed by atoms with Crippen molar-refractivity contribution in [3.05, 3.63) is 0 Å². The van der Waals surface area contributed by atoms with E-state index in [-0.39, 0.29) is 0 Å². The minimum absolute atomic E-state index is 0.630. The van der Waals surface area contributed by atoms with E-state index in [1.165, 1.54) is 0 Å². The number of rotatable bonds is 10. The molecule has 1 saturated heterocycles. The molecule has 0 aromatic heterocycles. The van der Waals surface area contributed by atoms with Crippen molar-refractivity contribution in [3.63, 3.8) is 0 Å². The highest BCUT2D eigenvalue weighted by atomic mass is 16.5. The Morgan fingerprint density at radius 2 is 2.12 bits per heavy atom. The molecule has 1 aliphatic heterocycles. The van der Waals surface area contributed by atoms with E-state index in [9.17, 15) is 0 Å². The zero-order valence-electron chi connectivity index (χ0n) is 11.4. The first-order chi connectivity index (χ1) is 8.36. The van der Waals surface area contributed by atoms with Crippen LogP contribution in [0.1, 0.15) is 20.3 Å². The average Bonchev–Trinajstić information content (AvgIpc) is 2.86. The summed E-state index contributed by atoms with van der Waals surface area (Å²) in [6.07, 6.45) is 1.16. The number of hydrogen-bond donors (Lipinski definition) is 1. The van der Waals surface area contributed by atoms with E-state index >= 15 is 0 Å². The molecule has 102 valence electrons. The molecule has 0 radical (unpaired) electrons. The largest absolute Gasteiger partial charge is 0.381 e. The zero-order valence-corrected chi connectivity index (χ0v) is 11.4. The Kier molecular flexibility index (Phi) is 8.61. The smallest absolute Gasteiger partial charge is 0.0591 e. The van der Waals surface area contributed by atoms with Gasteiger partial charge in [-0.25, -0.2) is 0 Å². The van der Waals surface area contributed by atoms with E-state index in [0.29, 0.717) is 5.92 Å². The summed E-state index contributed by atoms with van der Waals surface area (Å²) in [4.78, 5) is 2.42. The molecule has 1 N–H and O–H groups in total. The molecule has 0 aromatic carbocycles. The topological polar surface area (TPSA) is 33.7 Å². The van der Waals surface area contributed by atoms with E-state index in [1.54, 1.807) is 0 Å². The molecule has 1 unspecified atom stereocenters. The van der Waals surface area contributed by atoms with Gasteiger partial charge in [0.2, 0.25) is 0 Å². The molecule has 4 nitrogen and oxygen atoms in total. The number of likely N-dealkylation sites (N-methyl/N-ethyl adjacent to an activating group) is 1. The summed E-state index contributed by atoms with van der Waals surface area (Å²) < 4.78 is 10.9. The third kappa shape index (κ3) is 6.99. The summed E-state index contributed by atoms with van der Waals surface area (Å²) in [6, 6.07) is 0. The first-order valence-electron chi connectivity index (χ1n) is 6.95. The van der Waals surface area contributed by atoms with Crippen LogP contribution in [0.5, 0.6) is 0 Å². The van der Waals surface area contributed by atoms with Gasteiger partial charge in [-0.2, -0.15) is 0 Å². The Balaban J connectivity index is 1.80. The molecule has 1 heterocycles. The Labute approximate surface area is 106 Å². The van der Waals surface area contributed by atoms with Crippen molar-refractivity contribution >= 4 is 0 Å². The third-order valence-electron chi connectivity index (χ3n) is 3.30. The fourth-order valence-electron chi connectivity index (χ4n) is 2.01. The second kappa shape index (κ2) is 9.83. The van der Waals surface area contributed by atoms with Crippen molar-refractivity contribution in [1.29, 1.82) is 0 Å². The van der Waals surface area contributed by atoms with Gasteiger partial charge in [-0.05, 0) is 19.5 Å². The highest BCUT2D eigenvalue weighted by molar-refractivity contribution is 4.63. The molecule has 0 bridgehead atoms. The van der Waals surface area contributed by atoms with Gasteiger partial charge >= 0.3 is 0 Å².